The van der Waals surface area contributed by atoms with Gasteiger partial charge in [-0.05, 0) is 58.4 Å². The van der Waals surface area contributed by atoms with Crippen molar-refractivity contribution < 1.29 is 26.2 Å². The Morgan fingerprint density at radius 1 is 0.415 bits per heavy atom. The largest absolute Gasteiger partial charge is 4.00 e. The summed E-state index contributed by atoms with van der Waals surface area (Å²) in [6, 6.07) is 1.51. The molecule has 0 aromatic rings. The maximum atomic E-state index is 2.89. The molecule has 2 saturated carbocycles. The van der Waals surface area contributed by atoms with Crippen LogP contribution in [-0.2, 0) is 26.2 Å². The predicted octanol–water partition coefficient (Wildman–Crippen LogP) is 11.4. The second-order valence-corrected chi connectivity index (χ2v) is 17.6. The van der Waals surface area contributed by atoms with Gasteiger partial charge in [-0.25, -0.2) is 0 Å². The van der Waals surface area contributed by atoms with Crippen molar-refractivity contribution in [3.8, 4) is 0 Å². The van der Waals surface area contributed by atoms with Crippen LogP contribution in [0.5, 0.6) is 0 Å². The normalized spacial score (nSPS) is 37.1. The molecule has 0 amide bonds. The number of hydrogen-bond donors (Lipinski definition) is 0. The van der Waals surface area contributed by atoms with Crippen LogP contribution in [0.25, 0.3) is 0 Å². The van der Waals surface area contributed by atoms with Gasteiger partial charge in [-0.15, -0.1) is 0 Å². The van der Waals surface area contributed by atoms with Crippen LogP contribution in [0.2, 0.25) is 23.7 Å². The molecule has 2 fully saturated rings. The van der Waals surface area contributed by atoms with E-state index >= 15 is 0 Å². The Bertz CT molecular complexity index is 898. The fraction of sp³-hybridized carbons (Fsp3) is 0.487. The first kappa shape index (κ1) is 38.0. The van der Waals surface area contributed by atoms with E-state index < -0.39 is 8.07 Å². The van der Waals surface area contributed by atoms with Gasteiger partial charge in [0, 0.05) is 0 Å². The number of unbranched alkanes of at least 4 members (excludes halogenated alkanes) is 5. The zero-order valence-corrected chi connectivity index (χ0v) is 30.4. The van der Waals surface area contributed by atoms with Gasteiger partial charge < -0.3 is 29.7 Å². The summed E-state index contributed by atoms with van der Waals surface area (Å²) in [6.45, 7) is 5.23. The average molecular weight is 646 g/mol. The zero-order chi connectivity index (χ0) is 24.5. The van der Waals surface area contributed by atoms with Gasteiger partial charge in [0.1, 0.15) is 0 Å². The van der Waals surface area contributed by atoms with Crippen molar-refractivity contribution in [1.82, 2.24) is 0 Å². The number of rotatable bonds is 9. The van der Waals surface area contributed by atoms with Crippen molar-refractivity contribution >= 4 is 8.07 Å². The van der Waals surface area contributed by atoms with Crippen molar-refractivity contribution in [2.45, 2.75) is 69.1 Å². The molecule has 8 atom stereocenters. The summed E-state index contributed by atoms with van der Waals surface area (Å²) in [7, 11) is -1.73. The zero-order valence-electron chi connectivity index (χ0n) is 27.0. The molecule has 0 aromatic carbocycles. The minimum Gasteiger partial charge on any atom is -0.358 e. The molecule has 0 nitrogen and oxygen atoms in total. The Morgan fingerprint density at radius 2 is 0.683 bits per heavy atom. The fourth-order valence-electron chi connectivity index (χ4n) is 9.66. The fourth-order valence-corrected chi connectivity index (χ4v) is 16.6. The monoisotopic (exact) mass is 644 g/mol. The first-order valence-electron chi connectivity index (χ1n) is 15.1. The molecule has 0 spiro atoms. The van der Waals surface area contributed by atoms with Gasteiger partial charge in [0.05, 0.1) is 8.07 Å². The van der Waals surface area contributed by atoms with Gasteiger partial charge in [-0.2, -0.15) is 0 Å². The SMILES string of the molecule is CCCCCCCC[Si](C)(C1C2C=CC=CC2C2C=CC=CC21)C1C2C=CC=CC2C2C=CC=CC21.[CH3-].[CH3-].[CH3-].[CH3-].[Zr+4]. The molecule has 0 heterocycles. The van der Waals surface area contributed by atoms with E-state index in [4.69, 9.17) is 0 Å². The first-order valence-corrected chi connectivity index (χ1v) is 18.0. The van der Waals surface area contributed by atoms with E-state index in [9.17, 15) is 0 Å². The molecule has 0 saturated heterocycles. The summed E-state index contributed by atoms with van der Waals surface area (Å²) in [5.41, 5.74) is 1.68. The Morgan fingerprint density at radius 3 is 1.00 bits per heavy atom. The second-order valence-electron chi connectivity index (χ2n) is 12.8. The van der Waals surface area contributed by atoms with Crippen molar-refractivity contribution in [2.24, 2.45) is 47.3 Å². The molecule has 2 heteroatoms. The molecule has 41 heavy (non-hydrogen) atoms. The summed E-state index contributed by atoms with van der Waals surface area (Å²) in [4.78, 5) is 0. The van der Waals surface area contributed by atoms with E-state index in [1.807, 2.05) is 0 Å². The van der Waals surface area contributed by atoms with Crippen LogP contribution in [0.4, 0.5) is 0 Å². The molecule has 0 radical (unpaired) electrons. The molecule has 8 unspecified atom stereocenters. The van der Waals surface area contributed by atoms with E-state index in [2.05, 4.69) is 111 Å². The van der Waals surface area contributed by atoms with E-state index in [-0.39, 0.29) is 55.9 Å². The molecular weight excluding hydrogens is 588 g/mol. The Labute approximate surface area is 276 Å². The van der Waals surface area contributed by atoms with Crippen LogP contribution in [0, 0.1) is 77.0 Å². The van der Waals surface area contributed by atoms with Crippen LogP contribution in [0.3, 0.4) is 0 Å². The van der Waals surface area contributed by atoms with Gasteiger partial charge >= 0.3 is 26.2 Å². The van der Waals surface area contributed by atoms with Crippen LogP contribution < -0.4 is 0 Å². The smallest absolute Gasteiger partial charge is 0.358 e. The molecule has 6 aliphatic rings. The molecule has 6 rings (SSSR count). The number of allylic oxidation sites excluding steroid dienone is 16. The Hall–Kier alpha value is -0.980. The summed E-state index contributed by atoms with van der Waals surface area (Å²) in [6.07, 6.45) is 48.2. The van der Waals surface area contributed by atoms with E-state index in [0.717, 1.165) is 34.8 Å². The van der Waals surface area contributed by atoms with Crippen molar-refractivity contribution in [3.05, 3.63) is 127 Å². The van der Waals surface area contributed by atoms with Crippen LogP contribution in [-0.4, -0.2) is 8.07 Å². The summed E-state index contributed by atoms with van der Waals surface area (Å²) in [5, 5.41) is 0. The van der Waals surface area contributed by atoms with Gasteiger partial charge in [0.2, 0.25) is 0 Å². The molecule has 0 aliphatic heterocycles. The van der Waals surface area contributed by atoms with Crippen molar-refractivity contribution in [2.75, 3.05) is 0 Å². The number of hydrogen-bond acceptors (Lipinski definition) is 0. The van der Waals surface area contributed by atoms with Gasteiger partial charge in [0.15, 0.2) is 0 Å². The second kappa shape index (κ2) is 16.8. The quantitative estimate of drug-likeness (QED) is 0.133. The van der Waals surface area contributed by atoms with Gasteiger partial charge in [-0.3, -0.25) is 0 Å². The summed E-state index contributed by atoms with van der Waals surface area (Å²) < 4.78 is 0. The van der Waals surface area contributed by atoms with Gasteiger partial charge in [0.25, 0.3) is 0 Å². The van der Waals surface area contributed by atoms with Gasteiger partial charge in [-0.1, -0.05) is 155 Å². The van der Waals surface area contributed by atoms with E-state index in [0.29, 0.717) is 23.7 Å². The molecule has 6 aliphatic carbocycles. The molecule has 0 bridgehead atoms. The topological polar surface area (TPSA) is 0 Å². The average Bonchev–Trinajstić information content (AvgIpc) is 3.45. The summed E-state index contributed by atoms with van der Waals surface area (Å²) in [5.74, 6) is 5.66. The minimum atomic E-state index is -1.73. The number of fused-ring (bicyclic) bond motifs is 6. The molecular formula is C39H58SiZr. The summed E-state index contributed by atoms with van der Waals surface area (Å²) >= 11 is 0. The van der Waals surface area contributed by atoms with E-state index in [1.54, 1.807) is 0 Å². The maximum absolute atomic E-state index is 2.89. The van der Waals surface area contributed by atoms with E-state index in [1.165, 1.54) is 44.6 Å². The first-order chi connectivity index (χ1) is 17.7. The van der Waals surface area contributed by atoms with Crippen LogP contribution >= 0.6 is 0 Å². The third-order valence-corrected chi connectivity index (χ3v) is 17.0. The molecule has 222 valence electrons. The molecule has 0 N–H and O–H groups in total. The standard InChI is InChI=1S/C35H46Si.4CH3.Zr/c1-3-4-5-6-7-16-25-36(2,34-30-21-12-8-17-26(30)27-18-9-13-22-31(27)34)35-32-23-14-10-19-28(32)29-20-11-15-24-33(29)35;;;;;/h8-15,17-24,26-35H,3-7,16,25H2,1-2H3;4*1H3;/q;4*-1;+4. The van der Waals surface area contributed by atoms with Crippen LogP contribution in [0.1, 0.15) is 45.4 Å². The van der Waals surface area contributed by atoms with Crippen molar-refractivity contribution in [1.29, 1.82) is 0 Å². The predicted molar refractivity (Wildman–Crippen MR) is 184 cm³/mol. The van der Waals surface area contributed by atoms with Crippen molar-refractivity contribution in [3.63, 3.8) is 0 Å². The minimum absolute atomic E-state index is 0. The Kier molecular flexibility index (Phi) is 15.5. The Balaban J connectivity index is 0.00000168. The van der Waals surface area contributed by atoms with Crippen LogP contribution in [0.15, 0.2) is 97.2 Å². The maximum Gasteiger partial charge on any atom is 4.00 e. The molecule has 0 aromatic heterocycles. The third kappa shape index (κ3) is 6.90. The third-order valence-electron chi connectivity index (χ3n) is 11.0.